The van der Waals surface area contributed by atoms with Gasteiger partial charge >= 0.3 is 0 Å². The molecule has 0 radical (unpaired) electrons. The summed E-state index contributed by atoms with van der Waals surface area (Å²) in [5.74, 6) is -0.609. The van der Waals surface area contributed by atoms with Crippen LogP contribution in [0.15, 0.2) is 54.9 Å². The number of aryl methyl sites for hydroxylation is 1. The van der Waals surface area contributed by atoms with Gasteiger partial charge in [0.25, 0.3) is 5.91 Å². The molecule has 3 rings (SSSR count). The van der Waals surface area contributed by atoms with Crippen molar-refractivity contribution in [2.45, 2.75) is 13.0 Å². The lowest BCUT2D eigenvalue weighted by molar-refractivity contribution is -0.122. The smallest absolute Gasteiger partial charge is 0.286 e. The Labute approximate surface area is 127 Å². The average molecular weight is 296 g/mol. The number of aromatic nitrogens is 2. The summed E-state index contributed by atoms with van der Waals surface area (Å²) in [6.45, 7) is 0.553. The molecule has 0 saturated heterocycles. The molecule has 22 heavy (non-hydrogen) atoms. The van der Waals surface area contributed by atoms with Crippen LogP contribution in [0.4, 0.5) is 0 Å². The third-order valence-electron chi connectivity index (χ3n) is 3.42. The molecule has 3 N–H and O–H groups in total. The Balaban J connectivity index is 1.51. The normalized spacial score (nSPS) is 10.5. The third kappa shape index (κ3) is 3.01. The van der Waals surface area contributed by atoms with Crippen molar-refractivity contribution in [3.63, 3.8) is 0 Å². The van der Waals surface area contributed by atoms with Crippen LogP contribution in [-0.4, -0.2) is 21.4 Å². The number of carbonyl (C=O) groups excluding carboxylic acids is 2. The SMILES string of the molecule is O=C(CCn1ccc2ccccc21)NNC(=O)c1ccc[nH]1. The summed E-state index contributed by atoms with van der Waals surface area (Å²) in [6.07, 6.45) is 3.88. The van der Waals surface area contributed by atoms with Gasteiger partial charge in [-0.15, -0.1) is 0 Å². The van der Waals surface area contributed by atoms with Gasteiger partial charge in [-0.05, 0) is 29.7 Å². The number of nitrogens with one attached hydrogen (secondary N) is 3. The second-order valence-corrected chi connectivity index (χ2v) is 4.90. The first kappa shape index (κ1) is 13.9. The molecule has 112 valence electrons. The number of hydrogen-bond donors (Lipinski definition) is 3. The quantitative estimate of drug-likeness (QED) is 0.642. The number of rotatable bonds is 4. The molecule has 2 amide bonds. The van der Waals surface area contributed by atoms with E-state index in [0.29, 0.717) is 12.2 Å². The highest BCUT2D eigenvalue weighted by molar-refractivity contribution is 5.93. The Hall–Kier alpha value is -3.02. The molecule has 0 fully saturated rings. The molecule has 2 heterocycles. The zero-order valence-corrected chi connectivity index (χ0v) is 11.9. The molecule has 3 aromatic rings. The number of para-hydroxylation sites is 1. The molecule has 1 aromatic carbocycles. The van der Waals surface area contributed by atoms with Crippen molar-refractivity contribution in [3.8, 4) is 0 Å². The third-order valence-corrected chi connectivity index (χ3v) is 3.42. The van der Waals surface area contributed by atoms with E-state index in [9.17, 15) is 9.59 Å². The van der Waals surface area contributed by atoms with E-state index in [-0.39, 0.29) is 18.2 Å². The maximum absolute atomic E-state index is 11.8. The number of aromatic amines is 1. The summed E-state index contributed by atoms with van der Waals surface area (Å²) in [5, 5.41) is 1.14. The van der Waals surface area contributed by atoms with E-state index in [1.165, 1.54) is 0 Å². The number of benzene rings is 1. The van der Waals surface area contributed by atoms with Crippen molar-refractivity contribution in [3.05, 3.63) is 60.6 Å². The molecule has 0 aliphatic carbocycles. The first-order valence-corrected chi connectivity index (χ1v) is 7.00. The fourth-order valence-corrected chi connectivity index (χ4v) is 2.29. The summed E-state index contributed by atoms with van der Waals surface area (Å²) in [4.78, 5) is 26.2. The molecule has 0 bridgehead atoms. The molecule has 6 nitrogen and oxygen atoms in total. The highest BCUT2D eigenvalue weighted by Gasteiger charge is 2.08. The van der Waals surface area contributed by atoms with Crippen LogP contribution < -0.4 is 10.9 Å². The van der Waals surface area contributed by atoms with E-state index in [1.807, 2.05) is 41.1 Å². The lowest BCUT2D eigenvalue weighted by atomic mass is 10.2. The van der Waals surface area contributed by atoms with Crippen molar-refractivity contribution in [1.82, 2.24) is 20.4 Å². The second-order valence-electron chi connectivity index (χ2n) is 4.90. The van der Waals surface area contributed by atoms with Crippen LogP contribution >= 0.6 is 0 Å². The van der Waals surface area contributed by atoms with E-state index in [2.05, 4.69) is 15.8 Å². The van der Waals surface area contributed by atoms with Crippen LogP contribution in [0.25, 0.3) is 10.9 Å². The van der Waals surface area contributed by atoms with Gasteiger partial charge in [-0.1, -0.05) is 18.2 Å². The molecule has 0 saturated carbocycles. The molecular formula is C16H16N4O2. The summed E-state index contributed by atoms with van der Waals surface area (Å²) in [6, 6.07) is 13.4. The summed E-state index contributed by atoms with van der Waals surface area (Å²) >= 11 is 0. The molecule has 2 aromatic heterocycles. The fraction of sp³-hybridized carbons (Fsp3) is 0.125. The largest absolute Gasteiger partial charge is 0.357 e. The van der Waals surface area contributed by atoms with Crippen molar-refractivity contribution in [2.75, 3.05) is 0 Å². The minimum absolute atomic E-state index is 0.238. The maximum Gasteiger partial charge on any atom is 0.286 e. The van der Waals surface area contributed by atoms with Gasteiger partial charge in [0.1, 0.15) is 5.69 Å². The number of H-pyrrole nitrogens is 1. The minimum atomic E-state index is -0.371. The van der Waals surface area contributed by atoms with Gasteiger partial charge in [0.2, 0.25) is 5.91 Å². The van der Waals surface area contributed by atoms with E-state index in [1.54, 1.807) is 18.3 Å². The van der Waals surface area contributed by atoms with Gasteiger partial charge in [-0.2, -0.15) is 0 Å². The number of nitrogens with zero attached hydrogens (tertiary/aromatic N) is 1. The monoisotopic (exact) mass is 296 g/mol. The summed E-state index contributed by atoms with van der Waals surface area (Å²) < 4.78 is 2.02. The summed E-state index contributed by atoms with van der Waals surface area (Å²) in [5.41, 5.74) is 6.27. The van der Waals surface area contributed by atoms with Crippen LogP contribution in [-0.2, 0) is 11.3 Å². The number of fused-ring (bicyclic) bond motifs is 1. The maximum atomic E-state index is 11.8. The Morgan fingerprint density at radius 2 is 1.91 bits per heavy atom. The standard InChI is InChI=1S/C16H16N4O2/c21-15(18-19-16(22)13-5-3-9-17-13)8-11-20-10-7-12-4-1-2-6-14(12)20/h1-7,9-10,17H,8,11H2,(H,18,21)(H,19,22). The number of carbonyl (C=O) groups is 2. The molecule has 6 heteroatoms. The van der Waals surface area contributed by atoms with Crippen LogP contribution in [0, 0.1) is 0 Å². The number of amides is 2. The molecule has 0 atom stereocenters. The van der Waals surface area contributed by atoms with E-state index in [0.717, 1.165) is 10.9 Å². The molecule has 0 aliphatic rings. The van der Waals surface area contributed by atoms with Crippen LogP contribution in [0.2, 0.25) is 0 Å². The van der Waals surface area contributed by atoms with Gasteiger partial charge in [-0.3, -0.25) is 20.4 Å². The van der Waals surface area contributed by atoms with Crippen LogP contribution in [0.3, 0.4) is 0 Å². The van der Waals surface area contributed by atoms with E-state index < -0.39 is 0 Å². The van der Waals surface area contributed by atoms with Gasteiger partial charge in [0, 0.05) is 30.9 Å². The van der Waals surface area contributed by atoms with Gasteiger partial charge in [0.15, 0.2) is 0 Å². The fourth-order valence-electron chi connectivity index (χ4n) is 2.29. The first-order chi connectivity index (χ1) is 10.7. The molecule has 0 aliphatic heterocycles. The number of hydrogen-bond acceptors (Lipinski definition) is 2. The highest BCUT2D eigenvalue weighted by atomic mass is 16.2. The Morgan fingerprint density at radius 3 is 2.73 bits per heavy atom. The van der Waals surface area contributed by atoms with E-state index in [4.69, 9.17) is 0 Å². The first-order valence-electron chi connectivity index (χ1n) is 7.00. The van der Waals surface area contributed by atoms with Gasteiger partial charge in [0.05, 0.1) is 0 Å². The topological polar surface area (TPSA) is 78.9 Å². The minimum Gasteiger partial charge on any atom is -0.357 e. The lowest BCUT2D eigenvalue weighted by Gasteiger charge is -2.08. The van der Waals surface area contributed by atoms with Gasteiger partial charge < -0.3 is 9.55 Å². The molecule has 0 unspecified atom stereocenters. The molecular weight excluding hydrogens is 280 g/mol. The average Bonchev–Trinajstić information content (AvgIpc) is 3.20. The predicted octanol–water partition coefficient (Wildman–Crippen LogP) is 1.82. The van der Waals surface area contributed by atoms with Crippen molar-refractivity contribution >= 4 is 22.7 Å². The van der Waals surface area contributed by atoms with Crippen molar-refractivity contribution in [1.29, 1.82) is 0 Å². The number of hydrazine groups is 1. The molecule has 0 spiro atoms. The summed E-state index contributed by atoms with van der Waals surface area (Å²) in [7, 11) is 0. The lowest BCUT2D eigenvalue weighted by Crippen LogP contribution is -2.42. The Kier molecular flexibility index (Phi) is 3.91. The Morgan fingerprint density at radius 1 is 1.05 bits per heavy atom. The predicted molar refractivity (Wildman–Crippen MR) is 83.0 cm³/mol. The second kappa shape index (κ2) is 6.17. The van der Waals surface area contributed by atoms with Crippen LogP contribution in [0.5, 0.6) is 0 Å². The highest BCUT2D eigenvalue weighted by Crippen LogP contribution is 2.15. The zero-order chi connectivity index (χ0) is 15.4. The Bertz CT molecular complexity index is 789. The zero-order valence-electron chi connectivity index (χ0n) is 11.9. The van der Waals surface area contributed by atoms with Crippen molar-refractivity contribution < 1.29 is 9.59 Å². The van der Waals surface area contributed by atoms with Gasteiger partial charge in [-0.25, -0.2) is 0 Å². The van der Waals surface area contributed by atoms with E-state index >= 15 is 0 Å². The van der Waals surface area contributed by atoms with Crippen LogP contribution in [0.1, 0.15) is 16.9 Å². The van der Waals surface area contributed by atoms with Crippen molar-refractivity contribution in [2.24, 2.45) is 0 Å².